The highest BCUT2D eigenvalue weighted by atomic mass is 79.9. The van der Waals surface area contributed by atoms with Gasteiger partial charge in [-0.25, -0.2) is 9.59 Å². The van der Waals surface area contributed by atoms with Gasteiger partial charge in [-0.05, 0) is 130 Å². The zero-order chi connectivity index (χ0) is 46.5. The van der Waals surface area contributed by atoms with E-state index >= 15 is 0 Å². The van der Waals surface area contributed by atoms with Crippen LogP contribution in [0.25, 0.3) is 0 Å². The number of hydrogen-bond donors (Lipinski definition) is 0. The van der Waals surface area contributed by atoms with E-state index in [4.69, 9.17) is 0 Å². The maximum Gasteiger partial charge on any atom is 0.331 e. The van der Waals surface area contributed by atoms with Gasteiger partial charge in [-0.3, -0.25) is 27.9 Å². The van der Waals surface area contributed by atoms with Crippen LogP contribution in [0.1, 0.15) is 219 Å². The van der Waals surface area contributed by atoms with Crippen molar-refractivity contribution in [3.05, 3.63) is 65.2 Å². The number of fused-ring (bicyclic) bond motifs is 4. The molecule has 12 heteroatoms. The zero-order valence-electron chi connectivity index (χ0n) is 43.5. The Balaban J connectivity index is 0.0000109. The van der Waals surface area contributed by atoms with Crippen LogP contribution in [0, 0.1) is 13.8 Å². The fraction of sp³-hybridized carbons (Fsp3) is 0.852. The van der Waals surface area contributed by atoms with Crippen LogP contribution in [-0.2, 0) is 26.2 Å². The second-order valence-electron chi connectivity index (χ2n) is 20.3. The average Bonchev–Trinajstić information content (AvgIpc) is 3.28. The third-order valence-corrected chi connectivity index (χ3v) is 15.3. The molecule has 1 aliphatic rings. The fourth-order valence-electron chi connectivity index (χ4n) is 10.8. The zero-order valence-corrected chi connectivity index (χ0v) is 46.7. The summed E-state index contributed by atoms with van der Waals surface area (Å²) in [4.78, 5) is 53.9. The molecule has 0 aliphatic carbocycles. The lowest BCUT2D eigenvalue weighted by molar-refractivity contribution is -0.927. The normalized spacial score (nSPS) is 20.1. The first-order valence-electron chi connectivity index (χ1n) is 27.4. The molecule has 384 valence electrons. The molecule has 0 fully saturated rings. The summed E-state index contributed by atoms with van der Waals surface area (Å²) in [7, 11) is 0. The van der Waals surface area contributed by atoms with E-state index in [1.165, 1.54) is 125 Å². The Bertz CT molecular complexity index is 1700. The number of nitrogens with zero attached hydrogens (tertiary/aromatic N) is 6. The second-order valence-corrected chi connectivity index (χ2v) is 20.3. The molecule has 0 spiro atoms. The Labute approximate surface area is 424 Å². The topological polar surface area (TPSA) is 88.0 Å². The van der Waals surface area contributed by atoms with Crippen molar-refractivity contribution in [2.75, 3.05) is 52.4 Å². The van der Waals surface area contributed by atoms with E-state index in [1.807, 2.05) is 23.0 Å². The maximum atomic E-state index is 13.8. The standard InChI is InChI=1S/C54H100N6O4.2BrH/c1-7-11-13-15-17-19-21-31-41-59(9-3)43-33-23-27-37-55-49(5)47-51(61)57(53(55)63)39-29-25-35-45-60(10-4,42-32-22-20-18-16-14-12-8-2)46-36-26-30-40-58-52(62)48-50(6)56(54(58)64)38-28-24-34-44-59;;/h47-48H,7-46H2,1-6H3;2*1H/q+2;;/p-2. The number of rotatable bonds is 20. The van der Waals surface area contributed by atoms with Gasteiger partial charge in [0.05, 0.1) is 52.4 Å². The summed E-state index contributed by atoms with van der Waals surface area (Å²) in [5.74, 6) is 0. The van der Waals surface area contributed by atoms with Gasteiger partial charge in [0.1, 0.15) is 0 Å². The molecule has 0 atom stereocenters. The Morgan fingerprint density at radius 1 is 0.379 bits per heavy atom. The SMILES string of the molecule is CCCCCCCCCC[N+]1(CC)CCCCCn2c(C)cc(=O)n(c2=O)CCCCC[N+](CC)(CCCCCCCCCC)CCCCCn2c(=O)cc(C)n(c2=O)CCCCC1.[Br-].[Br-]. The minimum Gasteiger partial charge on any atom is -1.00 e. The molecular formula is C54H100Br2N6O4. The van der Waals surface area contributed by atoms with Crippen LogP contribution in [0.15, 0.2) is 31.3 Å². The van der Waals surface area contributed by atoms with Gasteiger partial charge in [-0.15, -0.1) is 0 Å². The van der Waals surface area contributed by atoms with Crippen LogP contribution in [0.2, 0.25) is 0 Å². The van der Waals surface area contributed by atoms with Gasteiger partial charge in [0.15, 0.2) is 0 Å². The van der Waals surface area contributed by atoms with E-state index in [1.54, 1.807) is 12.1 Å². The van der Waals surface area contributed by atoms with Crippen LogP contribution in [0.3, 0.4) is 0 Å². The number of aromatic nitrogens is 4. The molecule has 3 heterocycles. The molecule has 4 bridgehead atoms. The van der Waals surface area contributed by atoms with E-state index in [0.717, 1.165) is 137 Å². The summed E-state index contributed by atoms with van der Waals surface area (Å²) in [6, 6.07) is 3.35. The summed E-state index contributed by atoms with van der Waals surface area (Å²) >= 11 is 0. The molecule has 0 unspecified atom stereocenters. The molecule has 0 radical (unpaired) electrons. The smallest absolute Gasteiger partial charge is 0.331 e. The molecule has 2 aromatic rings. The summed E-state index contributed by atoms with van der Waals surface area (Å²) in [5, 5.41) is 0. The summed E-state index contributed by atoms with van der Waals surface area (Å²) in [6.45, 7) is 24.5. The number of unbranched alkanes of at least 4 members (excludes halogenated alkanes) is 14. The first-order chi connectivity index (χ1) is 31.1. The Kier molecular flexibility index (Phi) is 34.2. The molecule has 0 N–H and O–H groups in total. The third-order valence-electron chi connectivity index (χ3n) is 15.3. The predicted octanol–water partition coefficient (Wildman–Crippen LogP) is 5.31. The van der Waals surface area contributed by atoms with Crippen molar-refractivity contribution in [1.29, 1.82) is 0 Å². The van der Waals surface area contributed by atoms with Crippen LogP contribution in [-0.4, -0.2) is 79.6 Å². The number of quaternary nitrogens is 2. The monoisotopic (exact) mass is 1050 g/mol. The molecule has 66 heavy (non-hydrogen) atoms. The molecule has 0 amide bonds. The highest BCUT2D eigenvalue weighted by Crippen LogP contribution is 2.20. The highest BCUT2D eigenvalue weighted by Gasteiger charge is 2.26. The van der Waals surface area contributed by atoms with Crippen LogP contribution in [0.4, 0.5) is 0 Å². The highest BCUT2D eigenvalue weighted by molar-refractivity contribution is 5.01. The number of aryl methyl sites for hydroxylation is 2. The van der Waals surface area contributed by atoms with Gasteiger partial charge < -0.3 is 42.9 Å². The first kappa shape index (κ1) is 62.3. The lowest BCUT2D eigenvalue weighted by Gasteiger charge is -2.38. The number of hydrogen-bond acceptors (Lipinski definition) is 4. The molecule has 0 aromatic carbocycles. The first-order valence-corrected chi connectivity index (χ1v) is 27.4. The van der Waals surface area contributed by atoms with Crippen molar-refractivity contribution in [2.45, 2.75) is 248 Å². The lowest BCUT2D eigenvalue weighted by atomic mass is 10.1. The molecule has 3 rings (SSSR count). The van der Waals surface area contributed by atoms with Gasteiger partial charge >= 0.3 is 11.4 Å². The molecular weight excluding hydrogens is 956 g/mol. The molecule has 0 saturated carbocycles. The van der Waals surface area contributed by atoms with Crippen molar-refractivity contribution in [2.24, 2.45) is 0 Å². The summed E-state index contributed by atoms with van der Waals surface area (Å²) < 4.78 is 8.96. The largest absolute Gasteiger partial charge is 1.00 e. The van der Waals surface area contributed by atoms with Gasteiger partial charge in [-0.1, -0.05) is 90.9 Å². The predicted molar refractivity (Wildman–Crippen MR) is 271 cm³/mol. The summed E-state index contributed by atoms with van der Waals surface area (Å²) in [5.41, 5.74) is 0.967. The van der Waals surface area contributed by atoms with E-state index in [2.05, 4.69) is 27.7 Å². The number of halogens is 2. The average molecular weight is 1060 g/mol. The Morgan fingerprint density at radius 2 is 0.652 bits per heavy atom. The Hall–Kier alpha value is -1.76. The van der Waals surface area contributed by atoms with Crippen molar-refractivity contribution >= 4 is 0 Å². The molecule has 10 nitrogen and oxygen atoms in total. The van der Waals surface area contributed by atoms with Crippen molar-refractivity contribution in [3.8, 4) is 0 Å². The fourth-order valence-corrected chi connectivity index (χ4v) is 10.8. The minimum absolute atomic E-state index is 0. The van der Waals surface area contributed by atoms with Gasteiger partial charge in [0.2, 0.25) is 0 Å². The van der Waals surface area contributed by atoms with E-state index in [-0.39, 0.29) is 56.5 Å². The van der Waals surface area contributed by atoms with Crippen molar-refractivity contribution in [1.82, 2.24) is 18.3 Å². The van der Waals surface area contributed by atoms with E-state index in [9.17, 15) is 19.2 Å². The minimum atomic E-state index is -0.162. The van der Waals surface area contributed by atoms with Gasteiger partial charge in [0, 0.05) is 49.7 Å². The van der Waals surface area contributed by atoms with Gasteiger partial charge in [-0.2, -0.15) is 0 Å². The molecule has 0 saturated heterocycles. The second kappa shape index (κ2) is 36.2. The van der Waals surface area contributed by atoms with Crippen LogP contribution in [0.5, 0.6) is 0 Å². The van der Waals surface area contributed by atoms with E-state index in [0.29, 0.717) is 26.2 Å². The van der Waals surface area contributed by atoms with Gasteiger partial charge in [0.25, 0.3) is 11.1 Å². The van der Waals surface area contributed by atoms with Crippen molar-refractivity contribution in [3.63, 3.8) is 0 Å². The molecule has 1 aliphatic heterocycles. The van der Waals surface area contributed by atoms with Crippen LogP contribution < -0.4 is 56.5 Å². The third kappa shape index (κ3) is 22.3. The van der Waals surface area contributed by atoms with E-state index < -0.39 is 0 Å². The maximum absolute atomic E-state index is 13.8. The quantitative estimate of drug-likeness (QED) is 0.133. The van der Waals surface area contributed by atoms with Crippen molar-refractivity contribution < 1.29 is 42.9 Å². The lowest BCUT2D eigenvalue weighted by Crippen LogP contribution is -3.00. The van der Waals surface area contributed by atoms with Crippen LogP contribution >= 0.6 is 0 Å². The summed E-state index contributed by atoms with van der Waals surface area (Å²) in [6.07, 6.45) is 33.2. The molecule has 2 aromatic heterocycles. The Morgan fingerprint density at radius 3 is 0.939 bits per heavy atom.